The van der Waals surface area contributed by atoms with E-state index in [0.29, 0.717) is 29.5 Å². The summed E-state index contributed by atoms with van der Waals surface area (Å²) in [6, 6.07) is 26.5. The van der Waals surface area contributed by atoms with E-state index in [1.807, 2.05) is 118 Å². The number of allylic oxidation sites excluding steroid dienone is 1. The third kappa shape index (κ3) is 6.55. The van der Waals surface area contributed by atoms with Gasteiger partial charge in [0.05, 0.1) is 24.1 Å². The molecule has 2 N–H and O–H groups in total. The van der Waals surface area contributed by atoms with Crippen molar-refractivity contribution in [3.05, 3.63) is 113 Å². The molecule has 0 bridgehead atoms. The van der Waals surface area contributed by atoms with E-state index in [0.717, 1.165) is 22.4 Å². The predicted molar refractivity (Wildman–Crippen MR) is 159 cm³/mol. The summed E-state index contributed by atoms with van der Waals surface area (Å²) in [4.78, 5) is 28.6. The predicted octanol–water partition coefficient (Wildman–Crippen LogP) is 6.18. The third-order valence-corrected chi connectivity index (χ3v) is 7.06. The zero-order chi connectivity index (χ0) is 27.9. The van der Waals surface area contributed by atoms with Crippen molar-refractivity contribution in [3.8, 4) is 0 Å². The lowest BCUT2D eigenvalue weighted by Crippen LogP contribution is -2.47. The van der Waals surface area contributed by atoms with Gasteiger partial charge in [0.25, 0.3) is 0 Å². The molecule has 0 radical (unpaired) electrons. The van der Waals surface area contributed by atoms with Crippen molar-refractivity contribution >= 4 is 34.9 Å². The lowest BCUT2D eigenvalue weighted by Gasteiger charge is -2.37. The molecule has 1 aliphatic rings. The van der Waals surface area contributed by atoms with Gasteiger partial charge in [0.1, 0.15) is 0 Å². The molecule has 7 heteroatoms. The first-order valence-electron chi connectivity index (χ1n) is 13.3. The molecule has 4 rings (SSSR count). The van der Waals surface area contributed by atoms with Crippen molar-refractivity contribution in [2.24, 2.45) is 5.92 Å². The highest BCUT2D eigenvalue weighted by molar-refractivity contribution is 7.80. The molecule has 0 aromatic heterocycles. The minimum absolute atomic E-state index is 0.121. The number of nitrogens with one attached hydrogen (secondary N) is 2. The number of hydrogen-bond acceptors (Lipinski definition) is 4. The van der Waals surface area contributed by atoms with E-state index < -0.39 is 12.0 Å². The van der Waals surface area contributed by atoms with E-state index in [1.165, 1.54) is 0 Å². The summed E-state index contributed by atoms with van der Waals surface area (Å²) >= 11 is 5.60. The fourth-order valence-corrected chi connectivity index (χ4v) is 5.14. The largest absolute Gasteiger partial charge is 0.462 e. The van der Waals surface area contributed by atoms with E-state index in [1.54, 1.807) is 0 Å². The van der Waals surface area contributed by atoms with Gasteiger partial charge in [0.2, 0.25) is 5.91 Å². The average Bonchev–Trinajstić information content (AvgIpc) is 2.93. The fourth-order valence-electron chi connectivity index (χ4n) is 4.76. The van der Waals surface area contributed by atoms with Crippen LogP contribution in [0.4, 0.5) is 5.69 Å². The van der Waals surface area contributed by atoms with Gasteiger partial charge in [-0.1, -0.05) is 86.6 Å². The van der Waals surface area contributed by atoms with Crippen molar-refractivity contribution in [3.63, 3.8) is 0 Å². The summed E-state index contributed by atoms with van der Waals surface area (Å²) in [6.07, 6.45) is 0. The minimum Gasteiger partial charge on any atom is -0.462 e. The summed E-state index contributed by atoms with van der Waals surface area (Å²) < 4.78 is 5.62. The fraction of sp³-hybridized carbons (Fsp3) is 0.281. The number of hydrogen-bond donors (Lipinski definition) is 2. The van der Waals surface area contributed by atoms with Crippen LogP contribution >= 0.6 is 12.2 Å². The number of carbonyl (C=O) groups excluding carboxylic acids is 2. The Morgan fingerprint density at radius 2 is 1.51 bits per heavy atom. The lowest BCUT2D eigenvalue weighted by molar-refractivity contribution is -0.140. The maximum absolute atomic E-state index is 13.5. The topological polar surface area (TPSA) is 70.7 Å². The van der Waals surface area contributed by atoms with Crippen LogP contribution < -0.4 is 10.6 Å². The number of esters is 1. The third-order valence-electron chi connectivity index (χ3n) is 6.72. The zero-order valence-corrected chi connectivity index (χ0v) is 23.6. The molecule has 1 amide bonds. The molecule has 0 spiro atoms. The van der Waals surface area contributed by atoms with Gasteiger partial charge in [-0.15, -0.1) is 0 Å². The first-order chi connectivity index (χ1) is 18.8. The van der Waals surface area contributed by atoms with Crippen LogP contribution in [-0.4, -0.2) is 35.0 Å². The van der Waals surface area contributed by atoms with Crippen molar-refractivity contribution in [2.75, 3.05) is 18.5 Å². The van der Waals surface area contributed by atoms with Crippen molar-refractivity contribution in [1.29, 1.82) is 0 Å². The molecular formula is C32H35N3O3S. The lowest BCUT2D eigenvalue weighted by atomic mass is 9.90. The van der Waals surface area contributed by atoms with Crippen LogP contribution in [0.1, 0.15) is 56.3 Å². The molecule has 1 atom stereocenters. The molecule has 0 fully saturated rings. The second-order valence-electron chi connectivity index (χ2n) is 9.98. The Morgan fingerprint density at radius 3 is 2.03 bits per heavy atom. The molecule has 6 nitrogen and oxygen atoms in total. The van der Waals surface area contributed by atoms with Crippen molar-refractivity contribution in [1.82, 2.24) is 10.2 Å². The number of amides is 1. The number of nitrogens with zero attached hydrogens (tertiary/aromatic N) is 1. The molecule has 39 heavy (non-hydrogen) atoms. The molecule has 3 aromatic carbocycles. The van der Waals surface area contributed by atoms with Gasteiger partial charge in [-0.25, -0.2) is 4.79 Å². The first kappa shape index (κ1) is 28.0. The maximum atomic E-state index is 13.5. The van der Waals surface area contributed by atoms with Crippen LogP contribution in [0, 0.1) is 5.92 Å². The van der Waals surface area contributed by atoms with Gasteiger partial charge in [-0.2, -0.15) is 0 Å². The highest BCUT2D eigenvalue weighted by Gasteiger charge is 2.34. The summed E-state index contributed by atoms with van der Waals surface area (Å²) in [6.45, 7) is 8.88. The van der Waals surface area contributed by atoms with E-state index >= 15 is 0 Å². The molecule has 1 aliphatic heterocycles. The Bertz CT molecular complexity index is 1300. The number of ether oxygens (including phenoxy) is 1. The standard InChI is InChI=1S/C32H35N3O3S/c1-5-35-22(4)27(31(37)38-20-21(2)3)29(34-32(35)39)25-16-18-26(19-17-25)33-30(36)28(23-12-8-6-9-13-23)24-14-10-7-11-15-24/h6-19,21,28-29H,5,20H2,1-4H3,(H,33,36)(H,34,39). The average molecular weight is 542 g/mol. The van der Waals surface area contributed by atoms with Crippen LogP contribution in [0.2, 0.25) is 0 Å². The van der Waals surface area contributed by atoms with Crippen molar-refractivity contribution < 1.29 is 14.3 Å². The van der Waals surface area contributed by atoms with Gasteiger partial charge in [-0.3, -0.25) is 4.79 Å². The van der Waals surface area contributed by atoms with Crippen molar-refractivity contribution in [2.45, 2.75) is 39.7 Å². The van der Waals surface area contributed by atoms with Crippen LogP contribution in [-0.2, 0) is 14.3 Å². The quantitative estimate of drug-likeness (QED) is 0.249. The summed E-state index contributed by atoms with van der Waals surface area (Å²) in [5, 5.41) is 6.95. The maximum Gasteiger partial charge on any atom is 0.338 e. The van der Waals surface area contributed by atoms with E-state index in [-0.39, 0.29) is 17.8 Å². The van der Waals surface area contributed by atoms with Crippen LogP contribution in [0.25, 0.3) is 0 Å². The molecule has 0 aliphatic carbocycles. The smallest absolute Gasteiger partial charge is 0.338 e. The zero-order valence-electron chi connectivity index (χ0n) is 22.8. The first-order valence-corrected chi connectivity index (χ1v) is 13.7. The second kappa shape index (κ2) is 12.7. The van der Waals surface area contributed by atoms with E-state index in [4.69, 9.17) is 17.0 Å². The number of benzene rings is 3. The number of thiocarbonyl (C=S) groups is 1. The van der Waals surface area contributed by atoms with Crippen LogP contribution in [0.15, 0.2) is 96.2 Å². The van der Waals surface area contributed by atoms with Gasteiger partial charge in [0.15, 0.2) is 5.11 Å². The minimum atomic E-state index is -0.453. The van der Waals surface area contributed by atoms with Gasteiger partial charge >= 0.3 is 5.97 Å². The Labute approximate surface area is 236 Å². The normalized spacial score (nSPS) is 15.4. The van der Waals surface area contributed by atoms with E-state index in [9.17, 15) is 9.59 Å². The highest BCUT2D eigenvalue weighted by atomic mass is 32.1. The molecular weight excluding hydrogens is 506 g/mol. The Hall–Kier alpha value is -3.97. The van der Waals surface area contributed by atoms with Gasteiger partial charge in [0, 0.05) is 17.9 Å². The molecule has 0 saturated heterocycles. The number of rotatable bonds is 9. The van der Waals surface area contributed by atoms with Crippen LogP contribution in [0.3, 0.4) is 0 Å². The molecule has 202 valence electrons. The monoisotopic (exact) mass is 541 g/mol. The molecule has 0 saturated carbocycles. The molecule has 3 aromatic rings. The molecule has 1 unspecified atom stereocenters. The molecule has 1 heterocycles. The highest BCUT2D eigenvalue weighted by Crippen LogP contribution is 2.32. The van der Waals surface area contributed by atoms with Crippen LogP contribution in [0.5, 0.6) is 0 Å². The van der Waals surface area contributed by atoms with Gasteiger partial charge in [-0.05, 0) is 60.8 Å². The second-order valence-corrected chi connectivity index (χ2v) is 10.4. The Balaban J connectivity index is 1.59. The summed E-state index contributed by atoms with van der Waals surface area (Å²) in [5.74, 6) is -0.695. The number of carbonyl (C=O) groups is 2. The summed E-state index contributed by atoms with van der Waals surface area (Å²) in [7, 11) is 0. The SMILES string of the molecule is CCN1C(=S)NC(c2ccc(NC(=O)C(c3ccccc3)c3ccccc3)cc2)C(C(=O)OCC(C)C)=C1C. The van der Waals surface area contributed by atoms with E-state index in [2.05, 4.69) is 10.6 Å². The summed E-state index contributed by atoms with van der Waals surface area (Å²) in [5.41, 5.74) is 4.68. The number of anilines is 1. The Kier molecular flexibility index (Phi) is 9.15. The Morgan fingerprint density at radius 1 is 0.949 bits per heavy atom. The van der Waals surface area contributed by atoms with Gasteiger partial charge < -0.3 is 20.3 Å².